The Morgan fingerprint density at radius 3 is 3.15 bits per heavy atom. The highest BCUT2D eigenvalue weighted by Gasteiger charge is 2.41. The van der Waals surface area contributed by atoms with Gasteiger partial charge >= 0.3 is 0 Å². The fraction of sp³-hybridized carbons (Fsp3) is 0.636. The number of aryl methyl sites for hydroxylation is 1. The van der Waals surface area contributed by atoms with Crippen LogP contribution in [0.25, 0.3) is 0 Å². The fourth-order valence-corrected chi connectivity index (χ4v) is 2.90. The van der Waals surface area contributed by atoms with Crippen molar-refractivity contribution in [3.8, 4) is 0 Å². The van der Waals surface area contributed by atoms with Crippen LogP contribution in [-0.2, 0) is 0 Å². The van der Waals surface area contributed by atoms with Crippen molar-refractivity contribution in [2.75, 3.05) is 0 Å². The van der Waals surface area contributed by atoms with Crippen molar-refractivity contribution in [1.82, 2.24) is 0 Å². The number of fused-ring (bicyclic) bond motifs is 4. The molecule has 1 N–H and O–H groups in total. The third-order valence-corrected chi connectivity index (χ3v) is 3.52. The zero-order valence-electron chi connectivity index (χ0n) is 7.79. The van der Waals surface area contributed by atoms with E-state index in [1.807, 2.05) is 13.0 Å². The van der Waals surface area contributed by atoms with Crippen molar-refractivity contribution in [2.24, 2.45) is 5.92 Å². The van der Waals surface area contributed by atoms with Crippen molar-refractivity contribution in [3.05, 3.63) is 23.2 Å². The SMILES string of the molecule is Cc1cc2c(o1)C1CCC(C1)C2O. The first kappa shape index (κ1) is 7.63. The molecule has 2 nitrogen and oxygen atoms in total. The number of rotatable bonds is 0. The molecule has 3 unspecified atom stereocenters. The van der Waals surface area contributed by atoms with Crippen LogP contribution in [0.15, 0.2) is 10.5 Å². The van der Waals surface area contributed by atoms with Gasteiger partial charge in [-0.25, -0.2) is 0 Å². The molecule has 0 aliphatic heterocycles. The van der Waals surface area contributed by atoms with Crippen LogP contribution in [0.4, 0.5) is 0 Å². The molecule has 0 radical (unpaired) electrons. The van der Waals surface area contributed by atoms with Crippen LogP contribution in [0.1, 0.15) is 48.4 Å². The van der Waals surface area contributed by atoms with E-state index < -0.39 is 0 Å². The number of hydrogen-bond acceptors (Lipinski definition) is 2. The zero-order valence-corrected chi connectivity index (χ0v) is 7.79. The Kier molecular flexibility index (Phi) is 1.40. The maximum atomic E-state index is 10.0. The average Bonchev–Trinajstić information content (AvgIpc) is 2.65. The standard InChI is InChI=1S/C11H14O2/c1-6-4-9-10(12)7-2-3-8(5-7)11(9)13-6/h4,7-8,10,12H,2-3,5H2,1H3. The molecule has 3 atom stereocenters. The topological polar surface area (TPSA) is 33.4 Å². The number of aliphatic hydroxyl groups excluding tert-OH is 1. The van der Waals surface area contributed by atoms with Crippen molar-refractivity contribution < 1.29 is 9.52 Å². The van der Waals surface area contributed by atoms with E-state index in [-0.39, 0.29) is 6.10 Å². The second kappa shape index (κ2) is 2.38. The van der Waals surface area contributed by atoms with Gasteiger partial charge in [0, 0.05) is 11.5 Å². The Morgan fingerprint density at radius 2 is 2.31 bits per heavy atom. The summed E-state index contributed by atoms with van der Waals surface area (Å²) in [7, 11) is 0. The van der Waals surface area contributed by atoms with Gasteiger partial charge in [0.2, 0.25) is 0 Å². The Morgan fingerprint density at radius 1 is 1.46 bits per heavy atom. The normalized spacial score (nSPS) is 36.3. The van der Waals surface area contributed by atoms with E-state index in [4.69, 9.17) is 4.42 Å². The second-order valence-electron chi connectivity index (χ2n) is 4.39. The summed E-state index contributed by atoms with van der Waals surface area (Å²) in [6.07, 6.45) is 3.23. The molecule has 1 fully saturated rings. The summed E-state index contributed by atoms with van der Waals surface area (Å²) in [5.41, 5.74) is 1.07. The molecule has 2 aliphatic rings. The van der Waals surface area contributed by atoms with Crippen molar-refractivity contribution in [3.63, 3.8) is 0 Å². The Balaban J connectivity index is 2.15. The van der Waals surface area contributed by atoms with Crippen LogP contribution in [-0.4, -0.2) is 5.11 Å². The van der Waals surface area contributed by atoms with E-state index in [0.717, 1.165) is 29.9 Å². The first-order valence-electron chi connectivity index (χ1n) is 5.04. The molecule has 2 aliphatic carbocycles. The predicted octanol–water partition coefficient (Wildman–Crippen LogP) is 2.52. The van der Waals surface area contributed by atoms with Crippen LogP contribution in [0, 0.1) is 12.8 Å². The Hall–Kier alpha value is -0.760. The van der Waals surface area contributed by atoms with Crippen molar-refractivity contribution in [2.45, 2.75) is 38.2 Å². The summed E-state index contributed by atoms with van der Waals surface area (Å²) >= 11 is 0. The number of hydrogen-bond donors (Lipinski definition) is 1. The molecule has 3 rings (SSSR count). The van der Waals surface area contributed by atoms with Gasteiger partial charge in [0.15, 0.2) is 0 Å². The van der Waals surface area contributed by atoms with Crippen LogP contribution in [0.2, 0.25) is 0 Å². The van der Waals surface area contributed by atoms with Gasteiger partial charge < -0.3 is 9.52 Å². The molecule has 70 valence electrons. The molecular weight excluding hydrogens is 164 g/mol. The van der Waals surface area contributed by atoms with Gasteiger partial charge in [-0.2, -0.15) is 0 Å². The molecule has 1 aromatic heterocycles. The van der Waals surface area contributed by atoms with E-state index in [1.54, 1.807) is 0 Å². The summed E-state index contributed by atoms with van der Waals surface area (Å²) in [5.74, 6) is 3.10. The summed E-state index contributed by atoms with van der Waals surface area (Å²) in [5, 5.41) is 10.0. The third kappa shape index (κ3) is 0.923. The van der Waals surface area contributed by atoms with E-state index >= 15 is 0 Å². The van der Waals surface area contributed by atoms with Gasteiger partial charge in [-0.15, -0.1) is 0 Å². The molecule has 1 heterocycles. The van der Waals surface area contributed by atoms with Crippen LogP contribution in [0.5, 0.6) is 0 Å². The van der Waals surface area contributed by atoms with Crippen LogP contribution < -0.4 is 0 Å². The molecule has 1 saturated carbocycles. The highest BCUT2D eigenvalue weighted by molar-refractivity contribution is 5.31. The number of furan rings is 1. The predicted molar refractivity (Wildman–Crippen MR) is 48.5 cm³/mol. The third-order valence-electron chi connectivity index (χ3n) is 3.52. The van der Waals surface area contributed by atoms with E-state index in [9.17, 15) is 5.11 Å². The van der Waals surface area contributed by atoms with E-state index in [1.165, 1.54) is 6.42 Å². The average molecular weight is 178 g/mol. The molecule has 13 heavy (non-hydrogen) atoms. The lowest BCUT2D eigenvalue weighted by Gasteiger charge is -2.23. The van der Waals surface area contributed by atoms with Gasteiger partial charge in [-0.1, -0.05) is 0 Å². The molecule has 2 heteroatoms. The first-order chi connectivity index (χ1) is 6.25. The molecule has 1 aromatic rings. The summed E-state index contributed by atoms with van der Waals surface area (Å²) in [4.78, 5) is 0. The monoisotopic (exact) mass is 178 g/mol. The molecule has 0 amide bonds. The summed E-state index contributed by atoms with van der Waals surface area (Å²) in [6.45, 7) is 1.96. The highest BCUT2D eigenvalue weighted by atomic mass is 16.3. The highest BCUT2D eigenvalue weighted by Crippen LogP contribution is 2.51. The minimum atomic E-state index is -0.258. The Labute approximate surface area is 77.6 Å². The molecule has 0 spiro atoms. The van der Waals surface area contributed by atoms with Gasteiger partial charge in [0.25, 0.3) is 0 Å². The van der Waals surface area contributed by atoms with Crippen LogP contribution >= 0.6 is 0 Å². The lowest BCUT2D eigenvalue weighted by molar-refractivity contribution is 0.101. The second-order valence-corrected chi connectivity index (χ2v) is 4.39. The van der Waals surface area contributed by atoms with Gasteiger partial charge in [-0.05, 0) is 38.2 Å². The molecule has 0 aromatic carbocycles. The molecular formula is C11H14O2. The van der Waals surface area contributed by atoms with Gasteiger partial charge in [0.1, 0.15) is 11.5 Å². The quantitative estimate of drug-likeness (QED) is 0.662. The summed E-state index contributed by atoms with van der Waals surface area (Å²) < 4.78 is 5.65. The summed E-state index contributed by atoms with van der Waals surface area (Å²) in [6, 6.07) is 2.00. The van der Waals surface area contributed by atoms with Gasteiger partial charge in [-0.3, -0.25) is 0 Å². The smallest absolute Gasteiger partial charge is 0.113 e. The molecule has 0 saturated heterocycles. The van der Waals surface area contributed by atoms with E-state index in [0.29, 0.717) is 11.8 Å². The maximum Gasteiger partial charge on any atom is 0.113 e. The largest absolute Gasteiger partial charge is 0.466 e. The Bertz CT molecular complexity index is 326. The van der Waals surface area contributed by atoms with E-state index in [2.05, 4.69) is 0 Å². The first-order valence-corrected chi connectivity index (χ1v) is 5.04. The minimum absolute atomic E-state index is 0.258. The van der Waals surface area contributed by atoms with Crippen molar-refractivity contribution >= 4 is 0 Å². The molecule has 2 bridgehead atoms. The minimum Gasteiger partial charge on any atom is -0.466 e. The maximum absolute atomic E-state index is 10.0. The lowest BCUT2D eigenvalue weighted by atomic mass is 9.86. The fourth-order valence-electron chi connectivity index (χ4n) is 2.90. The van der Waals surface area contributed by atoms with Crippen LogP contribution in [0.3, 0.4) is 0 Å². The van der Waals surface area contributed by atoms with Crippen molar-refractivity contribution in [1.29, 1.82) is 0 Å². The number of aliphatic hydroxyl groups is 1. The van der Waals surface area contributed by atoms with Gasteiger partial charge in [0.05, 0.1) is 6.10 Å². The zero-order chi connectivity index (χ0) is 9.00. The lowest BCUT2D eigenvalue weighted by Crippen LogP contribution is -2.15.